The molecule has 4 nitrogen and oxygen atoms in total. The van der Waals surface area contributed by atoms with E-state index in [9.17, 15) is 0 Å². The number of nitrogens with two attached hydrogens (primary N) is 1. The number of nitrogens with zero attached hydrogens (tertiary/aromatic N) is 3. The van der Waals surface area contributed by atoms with Gasteiger partial charge in [-0.15, -0.1) is 10.2 Å². The van der Waals surface area contributed by atoms with E-state index in [1.165, 1.54) is 11.1 Å². The largest absolute Gasteiger partial charge is 0.324 e. The summed E-state index contributed by atoms with van der Waals surface area (Å²) >= 11 is 1.71. The molecule has 1 heterocycles. The van der Waals surface area contributed by atoms with Crippen LogP contribution in [0, 0.1) is 6.92 Å². The first-order valence-electron chi connectivity index (χ1n) is 6.44. The summed E-state index contributed by atoms with van der Waals surface area (Å²) in [6.45, 7) is 6.78. The molecule has 0 radical (unpaired) electrons. The minimum absolute atomic E-state index is 0.327. The molecule has 0 saturated heterocycles. The number of benzene rings is 1. The standard InChI is InChI=1S/C14H20N4S/c1-10(2)18-13(8-15)16-17-14(18)19-9-12-6-4-5-11(3)7-12/h4-7,10H,8-9,15H2,1-3H3. The molecule has 0 unspecified atom stereocenters. The number of rotatable bonds is 5. The lowest BCUT2D eigenvalue weighted by Gasteiger charge is -2.12. The van der Waals surface area contributed by atoms with E-state index in [0.717, 1.165) is 16.7 Å². The Bertz CT molecular complexity index is 548. The second kappa shape index (κ2) is 6.21. The van der Waals surface area contributed by atoms with Gasteiger partial charge < -0.3 is 10.3 Å². The predicted octanol–water partition coefficient (Wildman–Crippen LogP) is 2.92. The lowest BCUT2D eigenvalue weighted by atomic mass is 10.2. The van der Waals surface area contributed by atoms with Crippen LogP contribution in [0.4, 0.5) is 0 Å². The normalized spacial score (nSPS) is 11.2. The summed E-state index contributed by atoms with van der Waals surface area (Å²) in [4.78, 5) is 0. The van der Waals surface area contributed by atoms with Crippen molar-refractivity contribution in [2.24, 2.45) is 5.73 Å². The molecule has 2 N–H and O–H groups in total. The summed E-state index contributed by atoms with van der Waals surface area (Å²) < 4.78 is 2.11. The Morgan fingerprint density at radius 1 is 1.32 bits per heavy atom. The van der Waals surface area contributed by atoms with Gasteiger partial charge in [0.2, 0.25) is 0 Å². The Kier molecular flexibility index (Phi) is 4.61. The lowest BCUT2D eigenvalue weighted by molar-refractivity contribution is 0.526. The monoisotopic (exact) mass is 276 g/mol. The fourth-order valence-corrected chi connectivity index (χ4v) is 3.04. The minimum Gasteiger partial charge on any atom is -0.324 e. The van der Waals surface area contributed by atoms with Crippen molar-refractivity contribution in [3.63, 3.8) is 0 Å². The Morgan fingerprint density at radius 3 is 2.74 bits per heavy atom. The van der Waals surface area contributed by atoms with Crippen molar-refractivity contribution in [3.8, 4) is 0 Å². The van der Waals surface area contributed by atoms with E-state index >= 15 is 0 Å². The molecule has 2 aromatic rings. The molecule has 0 bridgehead atoms. The fourth-order valence-electron chi connectivity index (χ4n) is 2.01. The predicted molar refractivity (Wildman–Crippen MR) is 79.0 cm³/mol. The highest BCUT2D eigenvalue weighted by molar-refractivity contribution is 7.98. The molecular weight excluding hydrogens is 256 g/mol. The zero-order valence-electron chi connectivity index (χ0n) is 11.6. The van der Waals surface area contributed by atoms with E-state index in [1.807, 2.05) is 0 Å². The molecule has 0 spiro atoms. The van der Waals surface area contributed by atoms with Crippen LogP contribution in [0.15, 0.2) is 29.4 Å². The summed E-state index contributed by atoms with van der Waals surface area (Å²) in [6, 6.07) is 8.86. The summed E-state index contributed by atoms with van der Waals surface area (Å²) in [5.41, 5.74) is 8.28. The molecule has 19 heavy (non-hydrogen) atoms. The number of aromatic nitrogens is 3. The highest BCUT2D eigenvalue weighted by atomic mass is 32.2. The van der Waals surface area contributed by atoms with Crippen molar-refractivity contribution < 1.29 is 0 Å². The molecule has 0 saturated carbocycles. The van der Waals surface area contributed by atoms with Crippen molar-refractivity contribution in [1.29, 1.82) is 0 Å². The first kappa shape index (κ1) is 14.1. The average molecular weight is 276 g/mol. The maximum atomic E-state index is 5.70. The van der Waals surface area contributed by atoms with Crippen LogP contribution in [0.3, 0.4) is 0 Å². The van der Waals surface area contributed by atoms with E-state index in [2.05, 4.69) is 59.8 Å². The Hall–Kier alpha value is -1.33. The topological polar surface area (TPSA) is 56.7 Å². The highest BCUT2D eigenvalue weighted by Crippen LogP contribution is 2.25. The van der Waals surface area contributed by atoms with Crippen molar-refractivity contribution in [1.82, 2.24) is 14.8 Å². The van der Waals surface area contributed by atoms with Gasteiger partial charge >= 0.3 is 0 Å². The smallest absolute Gasteiger partial charge is 0.191 e. The van der Waals surface area contributed by atoms with E-state index < -0.39 is 0 Å². The van der Waals surface area contributed by atoms with Gasteiger partial charge in [0.1, 0.15) is 5.82 Å². The lowest BCUT2D eigenvalue weighted by Crippen LogP contribution is -2.11. The molecule has 1 aromatic heterocycles. The van der Waals surface area contributed by atoms with Gasteiger partial charge in [0.25, 0.3) is 0 Å². The molecule has 0 aliphatic rings. The second-order valence-corrected chi connectivity index (χ2v) is 5.79. The summed E-state index contributed by atoms with van der Waals surface area (Å²) in [6.07, 6.45) is 0. The molecule has 0 fully saturated rings. The van der Waals surface area contributed by atoms with Crippen LogP contribution in [-0.4, -0.2) is 14.8 Å². The van der Waals surface area contributed by atoms with Gasteiger partial charge in [-0.2, -0.15) is 0 Å². The molecule has 102 valence electrons. The van der Waals surface area contributed by atoms with Crippen molar-refractivity contribution in [3.05, 3.63) is 41.2 Å². The van der Waals surface area contributed by atoms with Gasteiger partial charge in [-0.05, 0) is 26.3 Å². The van der Waals surface area contributed by atoms with E-state index in [1.54, 1.807) is 11.8 Å². The maximum absolute atomic E-state index is 5.70. The number of hydrogen-bond donors (Lipinski definition) is 1. The first-order chi connectivity index (χ1) is 9.11. The third-order valence-corrected chi connectivity index (χ3v) is 3.90. The van der Waals surface area contributed by atoms with Gasteiger partial charge in [0, 0.05) is 11.8 Å². The Balaban J connectivity index is 2.13. The van der Waals surface area contributed by atoms with Crippen LogP contribution >= 0.6 is 11.8 Å². The number of aryl methyl sites for hydroxylation is 1. The summed E-state index contributed by atoms with van der Waals surface area (Å²) in [5, 5.41) is 9.34. The maximum Gasteiger partial charge on any atom is 0.191 e. The van der Waals surface area contributed by atoms with E-state index in [-0.39, 0.29) is 0 Å². The van der Waals surface area contributed by atoms with Crippen LogP contribution in [0.2, 0.25) is 0 Å². The zero-order valence-corrected chi connectivity index (χ0v) is 12.4. The molecular formula is C14H20N4S. The zero-order chi connectivity index (χ0) is 13.8. The van der Waals surface area contributed by atoms with Crippen LogP contribution in [-0.2, 0) is 12.3 Å². The SMILES string of the molecule is Cc1cccc(CSc2nnc(CN)n2C(C)C)c1. The third-order valence-electron chi connectivity index (χ3n) is 2.88. The molecule has 0 aliphatic heterocycles. The van der Waals surface area contributed by atoms with Crippen molar-refractivity contribution >= 4 is 11.8 Å². The molecule has 2 rings (SSSR count). The molecule has 1 aromatic carbocycles. The fraction of sp³-hybridized carbons (Fsp3) is 0.429. The van der Waals surface area contributed by atoms with Gasteiger partial charge in [0.05, 0.1) is 6.54 Å². The van der Waals surface area contributed by atoms with Crippen molar-refractivity contribution in [2.75, 3.05) is 0 Å². The van der Waals surface area contributed by atoms with Crippen LogP contribution < -0.4 is 5.73 Å². The Morgan fingerprint density at radius 2 is 2.11 bits per heavy atom. The highest BCUT2D eigenvalue weighted by Gasteiger charge is 2.13. The van der Waals surface area contributed by atoms with E-state index in [4.69, 9.17) is 5.73 Å². The Labute approximate surface area is 118 Å². The van der Waals surface area contributed by atoms with Gasteiger partial charge in [0.15, 0.2) is 5.16 Å². The molecule has 5 heteroatoms. The third kappa shape index (κ3) is 3.36. The summed E-state index contributed by atoms with van der Waals surface area (Å²) in [7, 11) is 0. The second-order valence-electron chi connectivity index (χ2n) is 4.84. The quantitative estimate of drug-likeness (QED) is 0.853. The van der Waals surface area contributed by atoms with Crippen LogP contribution in [0.5, 0.6) is 0 Å². The average Bonchev–Trinajstić information content (AvgIpc) is 2.79. The van der Waals surface area contributed by atoms with Gasteiger partial charge in [-0.1, -0.05) is 41.6 Å². The molecule has 0 atom stereocenters. The van der Waals surface area contributed by atoms with Crippen LogP contribution in [0.25, 0.3) is 0 Å². The summed E-state index contributed by atoms with van der Waals surface area (Å²) in [5.74, 6) is 1.75. The molecule has 0 amide bonds. The van der Waals surface area contributed by atoms with Gasteiger partial charge in [-0.3, -0.25) is 0 Å². The van der Waals surface area contributed by atoms with Crippen molar-refractivity contribution in [2.45, 2.75) is 44.3 Å². The number of hydrogen-bond acceptors (Lipinski definition) is 4. The number of thioether (sulfide) groups is 1. The van der Waals surface area contributed by atoms with Crippen LogP contribution in [0.1, 0.15) is 36.8 Å². The first-order valence-corrected chi connectivity index (χ1v) is 7.42. The van der Waals surface area contributed by atoms with Gasteiger partial charge in [-0.25, -0.2) is 0 Å². The minimum atomic E-state index is 0.327. The molecule has 0 aliphatic carbocycles. The van der Waals surface area contributed by atoms with E-state index in [0.29, 0.717) is 12.6 Å².